The predicted octanol–water partition coefficient (Wildman–Crippen LogP) is 7.93. The van der Waals surface area contributed by atoms with Crippen molar-refractivity contribution in [2.75, 3.05) is 19.0 Å². The van der Waals surface area contributed by atoms with Crippen LogP contribution in [0.25, 0.3) is 11.1 Å². The summed E-state index contributed by atoms with van der Waals surface area (Å²) in [5.74, 6) is 0.171. The molecule has 3 rings (SSSR count). The van der Waals surface area contributed by atoms with E-state index < -0.39 is 0 Å². The van der Waals surface area contributed by atoms with Gasteiger partial charge in [-0.3, -0.25) is 15.1 Å². The number of anilines is 1. The van der Waals surface area contributed by atoms with Gasteiger partial charge in [-0.15, -0.1) is 10.2 Å². The summed E-state index contributed by atoms with van der Waals surface area (Å²) in [4.78, 5) is 21.0. The minimum atomic E-state index is -0.339. The van der Waals surface area contributed by atoms with Crippen molar-refractivity contribution in [1.29, 1.82) is 0 Å². The lowest BCUT2D eigenvalue weighted by atomic mass is 10.0. The Hall–Kier alpha value is -2.62. The molecule has 0 aromatic carbocycles. The van der Waals surface area contributed by atoms with E-state index in [0.717, 1.165) is 23.7 Å². The number of rotatable bonds is 11. The maximum absolute atomic E-state index is 12.7. The number of aryl methyl sites for hydroxylation is 2. The molecule has 1 unspecified atom stereocenters. The predicted molar refractivity (Wildman–Crippen MR) is 158 cm³/mol. The van der Waals surface area contributed by atoms with Gasteiger partial charge in [0.25, 0.3) is 5.91 Å². The minimum Gasteiger partial charge on any atom is -0.494 e. The maximum Gasteiger partial charge on any atom is 0.259 e. The van der Waals surface area contributed by atoms with Crippen molar-refractivity contribution in [3.8, 4) is 16.9 Å². The normalized spacial score (nSPS) is 11.0. The molecule has 0 saturated carbocycles. The van der Waals surface area contributed by atoms with Gasteiger partial charge in [0.05, 0.1) is 25.0 Å². The number of carbonyl (C=O) groups excluding carboxylic acids is 1. The number of ether oxygens (including phenoxy) is 2. The fraction of sp³-hybridized carbons (Fsp3) is 0.536. The number of hydrogen-bond acceptors (Lipinski definition) is 8. The Morgan fingerprint density at radius 1 is 1.05 bits per heavy atom. The Morgan fingerprint density at radius 2 is 1.79 bits per heavy atom. The van der Waals surface area contributed by atoms with Crippen LogP contribution in [-0.2, 0) is 4.74 Å². The summed E-state index contributed by atoms with van der Waals surface area (Å²) in [7, 11) is 1.53. The molecule has 3 aromatic rings. The molecule has 1 amide bonds. The Labute approximate surface area is 236 Å². The maximum atomic E-state index is 12.7. The molecule has 0 aliphatic rings. The van der Waals surface area contributed by atoms with Crippen LogP contribution in [0.1, 0.15) is 87.8 Å². The molecule has 1 N–H and O–H groups in total. The molecular weight excluding hydrogens is 522 g/mol. The summed E-state index contributed by atoms with van der Waals surface area (Å²) in [6.45, 7) is 15.2. The summed E-state index contributed by atoms with van der Waals surface area (Å²) in [5.41, 5.74) is 2.44. The highest BCUT2D eigenvalue weighted by Crippen LogP contribution is 2.34. The van der Waals surface area contributed by atoms with Gasteiger partial charge in [-0.2, -0.15) is 0 Å². The van der Waals surface area contributed by atoms with E-state index in [4.69, 9.17) is 21.1 Å². The van der Waals surface area contributed by atoms with Crippen LogP contribution in [0.4, 0.5) is 5.13 Å². The van der Waals surface area contributed by atoms with E-state index in [9.17, 15) is 4.79 Å². The van der Waals surface area contributed by atoms with Crippen molar-refractivity contribution in [3.63, 3.8) is 0 Å². The van der Waals surface area contributed by atoms with E-state index in [-0.39, 0.29) is 5.91 Å². The summed E-state index contributed by atoms with van der Waals surface area (Å²) in [5, 5.41) is 12.0. The van der Waals surface area contributed by atoms with Crippen molar-refractivity contribution in [2.24, 2.45) is 0 Å². The topological polar surface area (TPSA) is 99.1 Å². The van der Waals surface area contributed by atoms with Crippen LogP contribution in [0.3, 0.4) is 0 Å². The number of methoxy groups -OCH3 is 1. The highest BCUT2D eigenvalue weighted by atomic mass is 35.5. The lowest BCUT2D eigenvalue weighted by Gasteiger charge is -2.14. The minimum absolute atomic E-state index is 0.302. The molecule has 0 aliphatic heterocycles. The van der Waals surface area contributed by atoms with Crippen molar-refractivity contribution >= 4 is 34.0 Å². The Morgan fingerprint density at radius 3 is 2.37 bits per heavy atom. The second kappa shape index (κ2) is 18.6. The number of carbonyl (C=O) groups is 1. The molecule has 3 heterocycles. The van der Waals surface area contributed by atoms with E-state index in [1.807, 2.05) is 27.7 Å². The third-order valence-corrected chi connectivity index (χ3v) is 6.23. The number of hydrogen-bond donors (Lipinski definition) is 1. The zero-order valence-corrected chi connectivity index (χ0v) is 25.5. The number of halogens is 1. The lowest BCUT2D eigenvalue weighted by Crippen LogP contribution is -2.14. The Bertz CT molecular complexity index is 1100. The van der Waals surface area contributed by atoms with Crippen LogP contribution in [0.5, 0.6) is 5.75 Å². The van der Waals surface area contributed by atoms with Crippen molar-refractivity contribution < 1.29 is 14.3 Å². The Balaban J connectivity index is 0.000000470. The molecule has 0 fully saturated rings. The first-order valence-corrected chi connectivity index (χ1v) is 14.4. The summed E-state index contributed by atoms with van der Waals surface area (Å²) in [6, 6.07) is 3.45. The third kappa shape index (κ3) is 11.0. The third-order valence-electron chi connectivity index (χ3n) is 5.27. The zero-order valence-electron chi connectivity index (χ0n) is 23.9. The first kappa shape index (κ1) is 33.4. The highest BCUT2D eigenvalue weighted by molar-refractivity contribution is 7.15. The zero-order chi connectivity index (χ0) is 28.5. The monoisotopic (exact) mass is 563 g/mol. The SMILES string of the molecule is CC.CCCCC(CC)OCCC.COc1cnc(Cl)cc1-c1cc(C)ncc1C(=O)Nc1nnc(C)s1. The second-order valence-electron chi connectivity index (χ2n) is 8.20. The first-order chi connectivity index (χ1) is 18.3. The first-order valence-electron chi connectivity index (χ1n) is 13.2. The number of nitrogens with one attached hydrogen (secondary N) is 1. The molecule has 0 bridgehead atoms. The van der Waals surface area contributed by atoms with Gasteiger partial charge in [0, 0.05) is 29.6 Å². The second-order valence-corrected chi connectivity index (χ2v) is 9.77. The molecule has 1 atom stereocenters. The number of amides is 1. The number of unbranched alkanes of at least 4 members (excludes halogenated alkanes) is 1. The molecule has 0 aliphatic carbocycles. The standard InChI is InChI=1S/C16H14ClN5O2S.C10H22O.C2H6/c1-8-4-10(11-5-14(17)19-7-13(11)24-3)12(6-18-8)15(23)20-16-22-21-9(2)25-16;1-4-7-8-10(6-3)11-9-5-2;1-2/h4-7H,1-3H3,(H,20,22,23);10H,4-9H2,1-3H3;1-2H3. The molecular formula is C28H42ClN5O3S. The Kier molecular flexibility index (Phi) is 16.4. The van der Waals surface area contributed by atoms with Crippen LogP contribution in [-0.4, -0.2) is 45.9 Å². The van der Waals surface area contributed by atoms with E-state index in [0.29, 0.717) is 38.8 Å². The van der Waals surface area contributed by atoms with Crippen LogP contribution in [0.2, 0.25) is 5.15 Å². The summed E-state index contributed by atoms with van der Waals surface area (Å²) in [6.07, 6.45) is 9.70. The number of aromatic nitrogens is 4. The molecule has 210 valence electrons. The average Bonchev–Trinajstić information content (AvgIpc) is 3.34. The van der Waals surface area contributed by atoms with Gasteiger partial charge < -0.3 is 9.47 Å². The van der Waals surface area contributed by atoms with Gasteiger partial charge in [-0.25, -0.2) is 4.98 Å². The molecule has 0 radical (unpaired) electrons. The fourth-order valence-corrected chi connectivity index (χ4v) is 4.13. The fourth-order valence-electron chi connectivity index (χ4n) is 3.39. The van der Waals surface area contributed by atoms with Crippen molar-refractivity contribution in [1.82, 2.24) is 20.2 Å². The van der Waals surface area contributed by atoms with Crippen LogP contribution in [0.15, 0.2) is 24.5 Å². The summed E-state index contributed by atoms with van der Waals surface area (Å²) < 4.78 is 11.0. The van der Waals surface area contributed by atoms with Crippen molar-refractivity contribution in [3.05, 3.63) is 45.9 Å². The van der Waals surface area contributed by atoms with Crippen molar-refractivity contribution in [2.45, 2.75) is 86.7 Å². The smallest absolute Gasteiger partial charge is 0.259 e. The average molecular weight is 564 g/mol. The molecule has 0 saturated heterocycles. The van der Waals surface area contributed by atoms with E-state index in [1.54, 1.807) is 12.1 Å². The van der Waals surface area contributed by atoms with Gasteiger partial charge >= 0.3 is 0 Å². The summed E-state index contributed by atoms with van der Waals surface area (Å²) >= 11 is 7.32. The quantitative estimate of drug-likeness (QED) is 0.236. The molecule has 0 spiro atoms. The largest absolute Gasteiger partial charge is 0.494 e. The van der Waals surface area contributed by atoms with E-state index in [2.05, 4.69) is 46.3 Å². The van der Waals surface area contributed by atoms with Gasteiger partial charge in [0.1, 0.15) is 15.9 Å². The number of nitrogens with zero attached hydrogens (tertiary/aromatic N) is 4. The highest BCUT2D eigenvalue weighted by Gasteiger charge is 2.19. The van der Waals surface area contributed by atoms with Crippen LogP contribution < -0.4 is 10.1 Å². The van der Waals surface area contributed by atoms with Crippen LogP contribution in [0, 0.1) is 13.8 Å². The van der Waals surface area contributed by atoms with Gasteiger partial charge in [-0.05, 0) is 45.2 Å². The molecule has 8 nitrogen and oxygen atoms in total. The molecule has 3 aromatic heterocycles. The molecule has 38 heavy (non-hydrogen) atoms. The van der Waals surface area contributed by atoms with Gasteiger partial charge in [0.15, 0.2) is 0 Å². The number of pyridine rings is 2. The van der Waals surface area contributed by atoms with E-state index in [1.165, 1.54) is 56.5 Å². The van der Waals surface area contributed by atoms with Gasteiger partial charge in [0.2, 0.25) is 5.13 Å². The molecule has 10 heteroatoms. The van der Waals surface area contributed by atoms with Gasteiger partial charge in [-0.1, -0.05) is 70.4 Å². The lowest BCUT2D eigenvalue weighted by molar-refractivity contribution is 0.0439. The van der Waals surface area contributed by atoms with Crippen LogP contribution >= 0.6 is 22.9 Å². The van der Waals surface area contributed by atoms with E-state index >= 15 is 0 Å².